The normalized spacial score (nSPS) is 14.2. The summed E-state index contributed by atoms with van der Waals surface area (Å²) in [7, 11) is 0. The van der Waals surface area contributed by atoms with E-state index in [1.54, 1.807) is 18.2 Å². The molecule has 1 aliphatic carbocycles. The molecule has 0 bridgehead atoms. The van der Waals surface area contributed by atoms with Crippen molar-refractivity contribution in [3.05, 3.63) is 34.6 Å². The van der Waals surface area contributed by atoms with Crippen LogP contribution in [-0.2, 0) is 0 Å². The first-order chi connectivity index (χ1) is 8.76. The number of ether oxygens (including phenoxy) is 1. The Kier molecular flexibility index (Phi) is 2.90. The first kappa shape index (κ1) is 11.5. The maximum absolute atomic E-state index is 8.74. The van der Waals surface area contributed by atoms with Crippen LogP contribution in [0.1, 0.15) is 30.1 Å². The molecule has 0 radical (unpaired) electrons. The number of aromatic nitrogens is 2. The van der Waals surface area contributed by atoms with Crippen molar-refractivity contribution < 1.29 is 4.74 Å². The molecule has 1 aromatic carbocycles. The zero-order chi connectivity index (χ0) is 12.5. The van der Waals surface area contributed by atoms with Gasteiger partial charge in [0.15, 0.2) is 0 Å². The molecule has 0 spiro atoms. The molecule has 6 heteroatoms. The second-order valence-corrected chi connectivity index (χ2v) is 5.17. The van der Waals surface area contributed by atoms with Gasteiger partial charge in [-0.3, -0.25) is 0 Å². The van der Waals surface area contributed by atoms with Crippen LogP contribution >= 0.6 is 23.1 Å². The van der Waals surface area contributed by atoms with Crippen molar-refractivity contribution in [1.29, 1.82) is 5.26 Å². The van der Waals surface area contributed by atoms with Gasteiger partial charge >= 0.3 is 0 Å². The van der Waals surface area contributed by atoms with Crippen LogP contribution in [0.5, 0.6) is 10.9 Å². The fourth-order valence-electron chi connectivity index (χ4n) is 1.52. The first-order valence-corrected chi connectivity index (χ1v) is 6.62. The maximum Gasteiger partial charge on any atom is 0.298 e. The van der Waals surface area contributed by atoms with Gasteiger partial charge in [0.2, 0.25) is 0 Å². The number of hydrogen-bond acceptors (Lipinski definition) is 5. The highest BCUT2D eigenvalue weighted by Crippen LogP contribution is 2.40. The molecule has 0 atom stereocenters. The number of rotatable bonds is 3. The third-order valence-electron chi connectivity index (χ3n) is 2.62. The Bertz CT molecular complexity index is 630. The Labute approximate surface area is 113 Å². The van der Waals surface area contributed by atoms with Crippen molar-refractivity contribution in [2.24, 2.45) is 0 Å². The van der Waals surface area contributed by atoms with Gasteiger partial charge in [0.1, 0.15) is 11.6 Å². The Morgan fingerprint density at radius 2 is 2.28 bits per heavy atom. The van der Waals surface area contributed by atoms with Crippen LogP contribution in [-0.4, -0.2) is 9.36 Å². The quantitative estimate of drug-likeness (QED) is 0.858. The molecule has 1 aliphatic rings. The third kappa shape index (κ3) is 2.30. The molecule has 0 unspecified atom stereocenters. The molecule has 0 aliphatic heterocycles. The second kappa shape index (κ2) is 4.56. The summed E-state index contributed by atoms with van der Waals surface area (Å²) in [4.78, 5) is 4.31. The summed E-state index contributed by atoms with van der Waals surface area (Å²) in [5, 5.41) is 9.63. The molecule has 1 aromatic heterocycles. The van der Waals surface area contributed by atoms with E-state index < -0.39 is 0 Å². The van der Waals surface area contributed by atoms with Crippen molar-refractivity contribution in [3.63, 3.8) is 0 Å². The van der Waals surface area contributed by atoms with Gasteiger partial charge in [-0.05, 0) is 31.0 Å². The van der Waals surface area contributed by atoms with E-state index in [1.165, 1.54) is 11.5 Å². The van der Waals surface area contributed by atoms with Crippen LogP contribution in [0.2, 0.25) is 5.02 Å². The average Bonchev–Trinajstić information content (AvgIpc) is 3.13. The molecule has 18 heavy (non-hydrogen) atoms. The largest absolute Gasteiger partial charge is 0.428 e. The van der Waals surface area contributed by atoms with E-state index in [1.807, 2.05) is 6.07 Å². The lowest BCUT2D eigenvalue weighted by Crippen LogP contribution is -1.87. The molecular formula is C12H8ClN3OS. The van der Waals surface area contributed by atoms with Gasteiger partial charge in [0, 0.05) is 17.5 Å². The standard InChI is InChI=1S/C12H8ClN3OS/c13-9-5-7(6-14)1-4-10(9)17-12-15-11(16-18-12)8-2-3-8/h1,4-5,8H,2-3H2. The summed E-state index contributed by atoms with van der Waals surface area (Å²) in [6.07, 6.45) is 2.32. The number of nitriles is 1. The summed E-state index contributed by atoms with van der Waals surface area (Å²) >= 11 is 7.24. The topological polar surface area (TPSA) is 58.8 Å². The molecule has 1 fully saturated rings. The molecule has 1 heterocycles. The van der Waals surface area contributed by atoms with Crippen molar-refractivity contribution in [1.82, 2.24) is 9.36 Å². The zero-order valence-electron chi connectivity index (χ0n) is 9.26. The van der Waals surface area contributed by atoms with Crippen molar-refractivity contribution >= 4 is 23.1 Å². The molecule has 3 rings (SSSR count). The van der Waals surface area contributed by atoms with Gasteiger partial charge in [-0.2, -0.15) is 14.6 Å². The number of halogens is 1. The fraction of sp³-hybridized carbons (Fsp3) is 0.250. The van der Waals surface area contributed by atoms with Gasteiger partial charge in [-0.1, -0.05) is 11.6 Å². The van der Waals surface area contributed by atoms with Crippen LogP contribution in [0, 0.1) is 11.3 Å². The highest BCUT2D eigenvalue weighted by Gasteiger charge is 2.28. The summed E-state index contributed by atoms with van der Waals surface area (Å²) in [5.74, 6) is 1.86. The predicted molar refractivity (Wildman–Crippen MR) is 68.1 cm³/mol. The minimum absolute atomic E-state index is 0.400. The van der Waals surface area contributed by atoms with Gasteiger partial charge in [-0.15, -0.1) is 0 Å². The Morgan fingerprint density at radius 1 is 1.44 bits per heavy atom. The van der Waals surface area contributed by atoms with E-state index in [9.17, 15) is 0 Å². The maximum atomic E-state index is 8.74. The van der Waals surface area contributed by atoms with Gasteiger partial charge in [0.05, 0.1) is 16.7 Å². The zero-order valence-corrected chi connectivity index (χ0v) is 10.8. The average molecular weight is 278 g/mol. The van der Waals surface area contributed by atoms with E-state index in [2.05, 4.69) is 9.36 Å². The number of nitrogens with zero attached hydrogens (tertiary/aromatic N) is 3. The summed E-state index contributed by atoms with van der Waals surface area (Å²) in [5.41, 5.74) is 0.503. The monoisotopic (exact) mass is 277 g/mol. The highest BCUT2D eigenvalue weighted by molar-refractivity contribution is 7.07. The van der Waals surface area contributed by atoms with Crippen LogP contribution in [0.3, 0.4) is 0 Å². The van der Waals surface area contributed by atoms with Crippen LogP contribution in [0.25, 0.3) is 0 Å². The molecule has 4 nitrogen and oxygen atoms in total. The van der Waals surface area contributed by atoms with Gasteiger partial charge in [0.25, 0.3) is 5.19 Å². The molecule has 1 saturated carbocycles. The highest BCUT2D eigenvalue weighted by atomic mass is 35.5. The van der Waals surface area contributed by atoms with Crippen LogP contribution < -0.4 is 4.74 Å². The lowest BCUT2D eigenvalue weighted by molar-refractivity contribution is 0.477. The molecule has 0 amide bonds. The summed E-state index contributed by atoms with van der Waals surface area (Å²) < 4.78 is 9.82. The van der Waals surface area contributed by atoms with Gasteiger partial charge < -0.3 is 4.74 Å². The Balaban J connectivity index is 1.80. The van der Waals surface area contributed by atoms with E-state index >= 15 is 0 Å². The Hall–Kier alpha value is -1.64. The van der Waals surface area contributed by atoms with Crippen LogP contribution in [0.15, 0.2) is 18.2 Å². The third-order valence-corrected chi connectivity index (χ3v) is 3.53. The molecule has 0 saturated heterocycles. The number of hydrogen-bond donors (Lipinski definition) is 0. The SMILES string of the molecule is N#Cc1ccc(Oc2nc(C3CC3)ns2)c(Cl)c1. The molecular weight excluding hydrogens is 270 g/mol. The van der Waals surface area contributed by atoms with Crippen molar-refractivity contribution in [2.75, 3.05) is 0 Å². The molecule has 2 aromatic rings. The number of benzene rings is 1. The van der Waals surface area contributed by atoms with Crippen LogP contribution in [0.4, 0.5) is 0 Å². The van der Waals surface area contributed by atoms with E-state index in [-0.39, 0.29) is 0 Å². The van der Waals surface area contributed by atoms with E-state index in [0.717, 1.165) is 18.7 Å². The van der Waals surface area contributed by atoms with E-state index in [4.69, 9.17) is 21.6 Å². The predicted octanol–water partition coefficient (Wildman–Crippen LogP) is 3.73. The second-order valence-electron chi connectivity index (χ2n) is 4.05. The van der Waals surface area contributed by atoms with E-state index in [0.29, 0.717) is 27.4 Å². The van der Waals surface area contributed by atoms with Crippen molar-refractivity contribution in [2.45, 2.75) is 18.8 Å². The minimum Gasteiger partial charge on any atom is -0.428 e. The van der Waals surface area contributed by atoms with Gasteiger partial charge in [-0.25, -0.2) is 0 Å². The summed E-state index contributed by atoms with van der Waals surface area (Å²) in [6.45, 7) is 0. The van der Waals surface area contributed by atoms with Crippen molar-refractivity contribution in [3.8, 4) is 17.0 Å². The lowest BCUT2D eigenvalue weighted by Gasteiger charge is -2.03. The fourth-order valence-corrected chi connectivity index (χ4v) is 2.36. The summed E-state index contributed by atoms with van der Waals surface area (Å²) in [6, 6.07) is 6.91. The first-order valence-electron chi connectivity index (χ1n) is 5.47. The smallest absolute Gasteiger partial charge is 0.298 e. The molecule has 90 valence electrons. The molecule has 0 N–H and O–H groups in total. The Morgan fingerprint density at radius 3 is 2.94 bits per heavy atom. The lowest BCUT2D eigenvalue weighted by atomic mass is 10.2. The minimum atomic E-state index is 0.400.